The maximum atomic E-state index is 13.1. The van der Waals surface area contributed by atoms with Gasteiger partial charge < -0.3 is 25.7 Å². The molecule has 0 radical (unpaired) electrons. The SMILES string of the molecule is NC(=O)[C@@H](Cc1cnc[nH]1)NC(=O)[C@H](CC(=O)N1CCOCC1)Cc1ccccc1. The number of benzene rings is 1. The predicted octanol–water partition coefficient (Wildman–Crippen LogP) is 0.0301. The van der Waals surface area contributed by atoms with Crippen LogP contribution in [-0.2, 0) is 32.0 Å². The average molecular weight is 413 g/mol. The second kappa shape index (κ2) is 10.5. The van der Waals surface area contributed by atoms with Gasteiger partial charge in [-0.15, -0.1) is 0 Å². The molecule has 9 nitrogen and oxygen atoms in total. The molecule has 0 aliphatic carbocycles. The van der Waals surface area contributed by atoms with Crippen LogP contribution in [0.2, 0.25) is 0 Å². The van der Waals surface area contributed by atoms with Crippen LogP contribution in [0, 0.1) is 5.92 Å². The fourth-order valence-electron chi connectivity index (χ4n) is 3.44. The molecule has 1 aliphatic heterocycles. The topological polar surface area (TPSA) is 130 Å². The Labute approximate surface area is 175 Å². The highest BCUT2D eigenvalue weighted by Gasteiger charge is 2.29. The van der Waals surface area contributed by atoms with Gasteiger partial charge in [-0.05, 0) is 12.0 Å². The van der Waals surface area contributed by atoms with Gasteiger partial charge in [-0.1, -0.05) is 30.3 Å². The number of carbonyl (C=O) groups excluding carboxylic acids is 3. The second-order valence-electron chi connectivity index (χ2n) is 7.33. The molecule has 2 atom stereocenters. The highest BCUT2D eigenvalue weighted by molar-refractivity contribution is 5.90. The molecule has 160 valence electrons. The first-order chi connectivity index (χ1) is 14.5. The third-order valence-electron chi connectivity index (χ3n) is 5.12. The van der Waals surface area contributed by atoms with Crippen molar-refractivity contribution in [2.45, 2.75) is 25.3 Å². The van der Waals surface area contributed by atoms with Gasteiger partial charge in [-0.2, -0.15) is 0 Å². The summed E-state index contributed by atoms with van der Waals surface area (Å²) in [6.45, 7) is 2.02. The van der Waals surface area contributed by atoms with Crippen molar-refractivity contribution in [2.75, 3.05) is 26.3 Å². The number of nitrogens with two attached hydrogens (primary N) is 1. The first-order valence-electron chi connectivity index (χ1n) is 9.99. The molecule has 1 aromatic heterocycles. The summed E-state index contributed by atoms with van der Waals surface area (Å²) in [6.07, 6.45) is 3.71. The smallest absolute Gasteiger partial charge is 0.240 e. The molecule has 0 unspecified atom stereocenters. The van der Waals surface area contributed by atoms with Gasteiger partial charge >= 0.3 is 0 Å². The Balaban J connectivity index is 1.70. The van der Waals surface area contributed by atoms with Crippen LogP contribution in [0.3, 0.4) is 0 Å². The Morgan fingerprint density at radius 1 is 1.17 bits per heavy atom. The summed E-state index contributed by atoms with van der Waals surface area (Å²) in [4.78, 5) is 46.3. The van der Waals surface area contributed by atoms with E-state index >= 15 is 0 Å². The lowest BCUT2D eigenvalue weighted by Crippen LogP contribution is -2.49. The van der Waals surface area contributed by atoms with Gasteiger partial charge in [-0.3, -0.25) is 14.4 Å². The lowest BCUT2D eigenvalue weighted by atomic mass is 9.94. The normalized spacial score (nSPS) is 15.9. The van der Waals surface area contributed by atoms with E-state index in [0.717, 1.165) is 5.56 Å². The van der Waals surface area contributed by atoms with E-state index in [9.17, 15) is 14.4 Å². The van der Waals surface area contributed by atoms with Gasteiger partial charge in [0.1, 0.15) is 6.04 Å². The van der Waals surface area contributed by atoms with Crippen LogP contribution in [0.1, 0.15) is 17.7 Å². The van der Waals surface area contributed by atoms with Crippen molar-refractivity contribution in [1.29, 1.82) is 0 Å². The number of H-pyrrole nitrogens is 1. The standard InChI is InChI=1S/C21H27N5O4/c22-20(28)18(12-17-13-23-14-24-17)25-21(29)16(10-15-4-2-1-3-5-15)11-19(27)26-6-8-30-9-7-26/h1-5,13-14,16,18H,6-12H2,(H2,22,28)(H,23,24)(H,25,29)/t16-,18+/m0/s1. The summed E-state index contributed by atoms with van der Waals surface area (Å²) in [5.41, 5.74) is 7.12. The Morgan fingerprint density at radius 2 is 1.90 bits per heavy atom. The molecule has 9 heteroatoms. The highest BCUT2D eigenvalue weighted by atomic mass is 16.5. The number of nitrogens with zero attached hydrogens (tertiary/aromatic N) is 2. The number of amides is 3. The van der Waals surface area contributed by atoms with Crippen molar-refractivity contribution in [3.63, 3.8) is 0 Å². The van der Waals surface area contributed by atoms with Crippen molar-refractivity contribution in [1.82, 2.24) is 20.2 Å². The molecular weight excluding hydrogens is 386 g/mol. The number of morpholine rings is 1. The first-order valence-corrected chi connectivity index (χ1v) is 9.99. The van der Waals surface area contributed by atoms with Crippen LogP contribution < -0.4 is 11.1 Å². The second-order valence-corrected chi connectivity index (χ2v) is 7.33. The van der Waals surface area contributed by atoms with Gasteiger partial charge in [0, 0.05) is 37.8 Å². The van der Waals surface area contributed by atoms with E-state index in [1.54, 1.807) is 11.1 Å². The molecule has 1 aromatic carbocycles. The van der Waals surface area contributed by atoms with E-state index < -0.39 is 17.9 Å². The summed E-state index contributed by atoms with van der Waals surface area (Å²) in [5, 5.41) is 2.73. The molecule has 2 aromatic rings. The fraction of sp³-hybridized carbons (Fsp3) is 0.429. The number of hydrogen-bond donors (Lipinski definition) is 3. The number of primary amides is 1. The van der Waals surface area contributed by atoms with Crippen LogP contribution in [0.5, 0.6) is 0 Å². The molecule has 3 rings (SSSR count). The Morgan fingerprint density at radius 3 is 2.53 bits per heavy atom. The summed E-state index contributed by atoms with van der Waals surface area (Å²) < 4.78 is 5.29. The minimum Gasteiger partial charge on any atom is -0.378 e. The number of hydrogen-bond acceptors (Lipinski definition) is 5. The minimum absolute atomic E-state index is 0.0519. The quantitative estimate of drug-likeness (QED) is 0.534. The molecule has 0 spiro atoms. The van der Waals surface area contributed by atoms with Gasteiger partial charge in [0.25, 0.3) is 0 Å². The number of nitrogens with one attached hydrogen (secondary N) is 2. The van der Waals surface area contributed by atoms with E-state index in [0.29, 0.717) is 38.4 Å². The summed E-state index contributed by atoms with van der Waals surface area (Å²) >= 11 is 0. The zero-order valence-electron chi connectivity index (χ0n) is 16.8. The van der Waals surface area contributed by atoms with E-state index in [-0.39, 0.29) is 24.7 Å². The number of ether oxygens (including phenoxy) is 1. The van der Waals surface area contributed by atoms with Crippen molar-refractivity contribution in [2.24, 2.45) is 11.7 Å². The Hall–Kier alpha value is -3.20. The van der Waals surface area contributed by atoms with Gasteiger partial charge in [0.2, 0.25) is 17.7 Å². The van der Waals surface area contributed by atoms with Crippen molar-refractivity contribution < 1.29 is 19.1 Å². The molecule has 0 saturated carbocycles. The zero-order valence-corrected chi connectivity index (χ0v) is 16.8. The molecular formula is C21H27N5O4. The van der Waals surface area contributed by atoms with Crippen LogP contribution in [0.4, 0.5) is 0 Å². The number of aromatic amines is 1. The molecule has 3 amide bonds. The van der Waals surface area contributed by atoms with Crippen LogP contribution >= 0.6 is 0 Å². The Kier molecular flexibility index (Phi) is 7.56. The van der Waals surface area contributed by atoms with Crippen molar-refractivity contribution in [3.8, 4) is 0 Å². The number of rotatable bonds is 9. The van der Waals surface area contributed by atoms with Crippen molar-refractivity contribution >= 4 is 17.7 Å². The zero-order chi connectivity index (χ0) is 21.3. The Bertz CT molecular complexity index is 834. The maximum absolute atomic E-state index is 13.1. The number of imidazole rings is 1. The van der Waals surface area contributed by atoms with E-state index in [1.165, 1.54) is 6.33 Å². The lowest BCUT2D eigenvalue weighted by Gasteiger charge is -2.28. The molecule has 4 N–H and O–H groups in total. The number of aromatic nitrogens is 2. The molecule has 1 aliphatic rings. The molecule has 1 fully saturated rings. The van der Waals surface area contributed by atoms with Crippen LogP contribution in [0.15, 0.2) is 42.9 Å². The number of carbonyl (C=O) groups is 3. The maximum Gasteiger partial charge on any atom is 0.240 e. The van der Waals surface area contributed by atoms with Crippen molar-refractivity contribution in [3.05, 3.63) is 54.1 Å². The highest BCUT2D eigenvalue weighted by Crippen LogP contribution is 2.16. The summed E-state index contributed by atoms with van der Waals surface area (Å²) in [6, 6.07) is 8.60. The fourth-order valence-corrected chi connectivity index (χ4v) is 3.44. The van der Waals surface area contributed by atoms with Gasteiger partial charge in [0.05, 0.1) is 25.5 Å². The van der Waals surface area contributed by atoms with E-state index in [4.69, 9.17) is 10.5 Å². The molecule has 30 heavy (non-hydrogen) atoms. The summed E-state index contributed by atoms with van der Waals surface area (Å²) in [7, 11) is 0. The largest absolute Gasteiger partial charge is 0.378 e. The third-order valence-corrected chi connectivity index (χ3v) is 5.12. The third kappa shape index (κ3) is 6.15. The summed E-state index contributed by atoms with van der Waals surface area (Å²) in [5.74, 6) is -1.73. The molecule has 1 saturated heterocycles. The minimum atomic E-state index is -0.894. The monoisotopic (exact) mass is 413 g/mol. The predicted molar refractivity (Wildman–Crippen MR) is 109 cm³/mol. The van der Waals surface area contributed by atoms with Gasteiger partial charge in [0.15, 0.2) is 0 Å². The van der Waals surface area contributed by atoms with Gasteiger partial charge in [-0.25, -0.2) is 4.98 Å². The van der Waals surface area contributed by atoms with E-state index in [1.807, 2.05) is 30.3 Å². The molecule has 2 heterocycles. The molecule has 0 bridgehead atoms. The average Bonchev–Trinajstić information content (AvgIpc) is 3.27. The van der Waals surface area contributed by atoms with Crippen LogP contribution in [0.25, 0.3) is 0 Å². The van der Waals surface area contributed by atoms with E-state index in [2.05, 4.69) is 15.3 Å². The lowest BCUT2D eigenvalue weighted by molar-refractivity contribution is -0.139. The first kappa shape index (κ1) is 21.5. The van der Waals surface area contributed by atoms with Crippen LogP contribution in [-0.4, -0.2) is 64.9 Å².